The molecule has 0 aliphatic heterocycles. The van der Waals surface area contributed by atoms with Gasteiger partial charge in [-0.25, -0.2) is 0 Å². The van der Waals surface area contributed by atoms with E-state index in [1.165, 1.54) is 0 Å². The largest absolute Gasteiger partial charge is 0.334 e. The quantitative estimate of drug-likeness (QED) is 0.662. The van der Waals surface area contributed by atoms with E-state index in [1.807, 2.05) is 56.3 Å². The summed E-state index contributed by atoms with van der Waals surface area (Å²) >= 11 is 3.44. The van der Waals surface area contributed by atoms with Crippen molar-refractivity contribution in [2.24, 2.45) is 0 Å². The van der Waals surface area contributed by atoms with Crippen molar-refractivity contribution in [2.75, 3.05) is 6.54 Å². The summed E-state index contributed by atoms with van der Waals surface area (Å²) in [5.74, 6) is -0.0808. The Morgan fingerprint density at radius 3 is 2.65 bits per heavy atom. The van der Waals surface area contributed by atoms with Crippen molar-refractivity contribution in [3.05, 3.63) is 80.0 Å². The van der Waals surface area contributed by atoms with Gasteiger partial charge in [-0.1, -0.05) is 31.2 Å². The zero-order valence-corrected chi connectivity index (χ0v) is 16.5. The highest BCUT2D eigenvalue weighted by atomic mass is 79.9. The molecule has 2 aromatic carbocycles. The van der Waals surface area contributed by atoms with Gasteiger partial charge in [0, 0.05) is 22.1 Å². The molecule has 134 valence electrons. The van der Waals surface area contributed by atoms with Gasteiger partial charge in [0.15, 0.2) is 0 Å². The van der Waals surface area contributed by atoms with Crippen LogP contribution in [0.2, 0.25) is 0 Å². The number of benzene rings is 2. The summed E-state index contributed by atoms with van der Waals surface area (Å²) in [6, 6.07) is 15.2. The standard InChI is InChI=1S/C21H21BrN2O2/c1-3-10-24(21(26)17-6-4-5-7-18(17)22)13-16-12-15-9-8-14(2)11-19(15)23-20(16)25/h4-9,11-12H,3,10,13H2,1-2H3,(H,23,25). The van der Waals surface area contributed by atoms with E-state index in [2.05, 4.69) is 20.9 Å². The summed E-state index contributed by atoms with van der Waals surface area (Å²) in [5, 5.41) is 0.968. The number of halogens is 1. The van der Waals surface area contributed by atoms with Gasteiger partial charge in [-0.15, -0.1) is 0 Å². The Morgan fingerprint density at radius 1 is 1.15 bits per heavy atom. The van der Waals surface area contributed by atoms with Crippen molar-refractivity contribution in [1.82, 2.24) is 9.88 Å². The summed E-state index contributed by atoms with van der Waals surface area (Å²) < 4.78 is 0.758. The normalized spacial score (nSPS) is 10.9. The van der Waals surface area contributed by atoms with Gasteiger partial charge < -0.3 is 9.88 Å². The number of H-pyrrole nitrogens is 1. The van der Waals surface area contributed by atoms with E-state index in [0.717, 1.165) is 27.4 Å². The van der Waals surface area contributed by atoms with Crippen molar-refractivity contribution in [3.63, 3.8) is 0 Å². The molecule has 1 N–H and O–H groups in total. The molecule has 0 unspecified atom stereocenters. The molecule has 0 radical (unpaired) electrons. The molecule has 1 amide bonds. The summed E-state index contributed by atoms with van der Waals surface area (Å²) in [6.07, 6.45) is 0.820. The zero-order valence-electron chi connectivity index (χ0n) is 14.9. The van der Waals surface area contributed by atoms with E-state index in [0.29, 0.717) is 17.7 Å². The number of amides is 1. The summed E-state index contributed by atoms with van der Waals surface area (Å²) in [6.45, 7) is 4.89. The van der Waals surface area contributed by atoms with E-state index in [1.54, 1.807) is 11.0 Å². The van der Waals surface area contributed by atoms with Gasteiger partial charge in [0.2, 0.25) is 0 Å². The average molecular weight is 413 g/mol. The Morgan fingerprint density at radius 2 is 1.92 bits per heavy atom. The fraction of sp³-hybridized carbons (Fsp3) is 0.238. The van der Waals surface area contributed by atoms with Crippen LogP contribution in [-0.4, -0.2) is 22.3 Å². The molecule has 3 rings (SSSR count). The minimum Gasteiger partial charge on any atom is -0.334 e. The lowest BCUT2D eigenvalue weighted by Gasteiger charge is -2.22. The monoisotopic (exact) mass is 412 g/mol. The Balaban J connectivity index is 1.95. The Labute approximate surface area is 161 Å². The maximum absolute atomic E-state index is 13.0. The van der Waals surface area contributed by atoms with Crippen LogP contribution in [0.25, 0.3) is 10.9 Å². The third kappa shape index (κ3) is 3.88. The van der Waals surface area contributed by atoms with Crippen LogP contribution in [0.3, 0.4) is 0 Å². The number of aromatic amines is 1. The molecule has 0 saturated heterocycles. The highest BCUT2D eigenvalue weighted by Gasteiger charge is 2.19. The number of aryl methyl sites for hydroxylation is 1. The first-order chi connectivity index (χ1) is 12.5. The molecule has 0 atom stereocenters. The van der Waals surface area contributed by atoms with Crippen LogP contribution >= 0.6 is 15.9 Å². The van der Waals surface area contributed by atoms with Crippen molar-refractivity contribution in [2.45, 2.75) is 26.8 Å². The van der Waals surface area contributed by atoms with Gasteiger partial charge in [0.05, 0.1) is 12.1 Å². The first kappa shape index (κ1) is 18.4. The number of fused-ring (bicyclic) bond motifs is 1. The van der Waals surface area contributed by atoms with Crippen LogP contribution in [0.5, 0.6) is 0 Å². The molecule has 3 aromatic rings. The molecule has 0 fully saturated rings. The molecular formula is C21H21BrN2O2. The lowest BCUT2D eigenvalue weighted by Crippen LogP contribution is -2.33. The summed E-state index contributed by atoms with van der Waals surface area (Å²) in [7, 11) is 0. The van der Waals surface area contributed by atoms with Gasteiger partial charge in [0.1, 0.15) is 0 Å². The van der Waals surface area contributed by atoms with Gasteiger partial charge >= 0.3 is 0 Å². The molecule has 0 aliphatic rings. The van der Waals surface area contributed by atoms with Gasteiger partial charge in [-0.2, -0.15) is 0 Å². The van der Waals surface area contributed by atoms with Crippen molar-refractivity contribution in [1.29, 1.82) is 0 Å². The molecule has 0 aliphatic carbocycles. The molecule has 4 nitrogen and oxygen atoms in total. The number of carbonyl (C=O) groups excluding carboxylic acids is 1. The highest BCUT2D eigenvalue weighted by Crippen LogP contribution is 2.20. The second-order valence-corrected chi connectivity index (χ2v) is 7.28. The number of nitrogens with one attached hydrogen (secondary N) is 1. The maximum atomic E-state index is 13.0. The van der Waals surface area contributed by atoms with E-state index in [-0.39, 0.29) is 18.0 Å². The Hall–Kier alpha value is -2.40. The molecular weight excluding hydrogens is 392 g/mol. The van der Waals surface area contributed by atoms with Gasteiger partial charge in [-0.3, -0.25) is 9.59 Å². The van der Waals surface area contributed by atoms with E-state index in [4.69, 9.17) is 0 Å². The van der Waals surface area contributed by atoms with Crippen LogP contribution in [-0.2, 0) is 6.54 Å². The minimum absolute atomic E-state index is 0.0808. The van der Waals surface area contributed by atoms with E-state index in [9.17, 15) is 9.59 Å². The lowest BCUT2D eigenvalue weighted by molar-refractivity contribution is 0.0741. The second-order valence-electron chi connectivity index (χ2n) is 6.42. The first-order valence-electron chi connectivity index (χ1n) is 8.66. The fourth-order valence-electron chi connectivity index (χ4n) is 3.01. The number of nitrogens with zero attached hydrogens (tertiary/aromatic N) is 1. The van der Waals surface area contributed by atoms with Crippen LogP contribution in [0.1, 0.15) is 34.8 Å². The number of hydrogen-bond acceptors (Lipinski definition) is 2. The zero-order chi connectivity index (χ0) is 18.7. The van der Waals surface area contributed by atoms with Crippen LogP contribution < -0.4 is 5.56 Å². The van der Waals surface area contributed by atoms with Crippen LogP contribution in [0.4, 0.5) is 0 Å². The summed E-state index contributed by atoms with van der Waals surface area (Å²) in [4.78, 5) is 30.1. The fourth-order valence-corrected chi connectivity index (χ4v) is 3.46. The molecule has 0 bridgehead atoms. The number of hydrogen-bond donors (Lipinski definition) is 1. The average Bonchev–Trinajstić information content (AvgIpc) is 2.62. The first-order valence-corrected chi connectivity index (χ1v) is 9.45. The lowest BCUT2D eigenvalue weighted by atomic mass is 10.1. The number of aromatic nitrogens is 1. The number of rotatable bonds is 5. The third-order valence-electron chi connectivity index (χ3n) is 4.32. The highest BCUT2D eigenvalue weighted by molar-refractivity contribution is 9.10. The number of pyridine rings is 1. The Kier molecular flexibility index (Phi) is 5.57. The second kappa shape index (κ2) is 7.87. The maximum Gasteiger partial charge on any atom is 0.255 e. The smallest absolute Gasteiger partial charge is 0.255 e. The number of carbonyl (C=O) groups is 1. The minimum atomic E-state index is -0.149. The SMILES string of the molecule is CCCN(Cc1cc2ccc(C)cc2[nH]c1=O)C(=O)c1ccccc1Br. The summed E-state index contributed by atoms with van der Waals surface area (Å²) in [5.41, 5.74) is 2.96. The van der Waals surface area contributed by atoms with Crippen molar-refractivity contribution >= 4 is 32.7 Å². The van der Waals surface area contributed by atoms with Crippen LogP contribution in [0.15, 0.2) is 57.8 Å². The van der Waals surface area contributed by atoms with Crippen molar-refractivity contribution < 1.29 is 4.79 Å². The van der Waals surface area contributed by atoms with Gasteiger partial charge in [0.25, 0.3) is 11.5 Å². The predicted octanol–water partition coefficient (Wildman–Crippen LogP) is 4.65. The molecule has 5 heteroatoms. The molecule has 26 heavy (non-hydrogen) atoms. The van der Waals surface area contributed by atoms with Crippen LogP contribution in [0, 0.1) is 6.92 Å². The topological polar surface area (TPSA) is 53.2 Å². The molecule has 0 saturated carbocycles. The van der Waals surface area contributed by atoms with E-state index >= 15 is 0 Å². The predicted molar refractivity (Wildman–Crippen MR) is 108 cm³/mol. The molecule has 0 spiro atoms. The molecule has 1 aromatic heterocycles. The Bertz CT molecular complexity index is 1010. The third-order valence-corrected chi connectivity index (χ3v) is 5.02. The van der Waals surface area contributed by atoms with Crippen molar-refractivity contribution in [3.8, 4) is 0 Å². The van der Waals surface area contributed by atoms with E-state index < -0.39 is 0 Å². The van der Waals surface area contributed by atoms with Gasteiger partial charge in [-0.05, 0) is 64.5 Å². The molecule has 1 heterocycles.